The van der Waals surface area contributed by atoms with Crippen LogP contribution in [0.2, 0.25) is 10.0 Å². The van der Waals surface area contributed by atoms with Crippen LogP contribution in [0.1, 0.15) is 15.9 Å². The van der Waals surface area contributed by atoms with E-state index in [1.807, 2.05) is 6.92 Å². The van der Waals surface area contributed by atoms with Gasteiger partial charge >= 0.3 is 0 Å². The molecule has 104 valence electrons. The maximum Gasteiger partial charge on any atom is 0.259 e. The predicted molar refractivity (Wildman–Crippen MR) is 85.0 cm³/mol. The van der Waals surface area contributed by atoms with Gasteiger partial charge in [-0.2, -0.15) is 0 Å². The molecule has 2 aromatic carbocycles. The summed E-state index contributed by atoms with van der Waals surface area (Å²) in [6, 6.07) is 7.86. The zero-order valence-corrected chi connectivity index (χ0v) is 13.5. The van der Waals surface area contributed by atoms with Crippen LogP contribution in [-0.2, 0) is 0 Å². The quantitative estimate of drug-likeness (QED) is 0.775. The first-order valence-corrected chi connectivity index (χ1v) is 7.19. The molecule has 20 heavy (non-hydrogen) atoms. The third-order valence-electron chi connectivity index (χ3n) is 2.70. The molecule has 0 atom stereocenters. The molecule has 2 N–H and O–H groups in total. The van der Waals surface area contributed by atoms with Gasteiger partial charge in [-0.05, 0) is 42.8 Å². The van der Waals surface area contributed by atoms with Crippen molar-refractivity contribution in [2.75, 3.05) is 5.32 Å². The number of phenolic OH excluding ortho intramolecular Hbond substituents is 1. The fourth-order valence-electron chi connectivity index (χ4n) is 1.63. The summed E-state index contributed by atoms with van der Waals surface area (Å²) in [5.74, 6) is -0.581. The van der Waals surface area contributed by atoms with E-state index in [1.165, 1.54) is 12.1 Å². The number of phenols is 1. The average Bonchev–Trinajstić information content (AvgIpc) is 2.35. The highest BCUT2D eigenvalue weighted by atomic mass is 79.9. The lowest BCUT2D eigenvalue weighted by molar-refractivity contribution is 0.102. The first-order chi connectivity index (χ1) is 9.38. The Morgan fingerprint density at radius 1 is 1.20 bits per heavy atom. The average molecular weight is 375 g/mol. The van der Waals surface area contributed by atoms with Crippen LogP contribution >= 0.6 is 39.1 Å². The Morgan fingerprint density at radius 2 is 1.90 bits per heavy atom. The van der Waals surface area contributed by atoms with Crippen molar-refractivity contribution in [2.45, 2.75) is 6.92 Å². The van der Waals surface area contributed by atoms with Crippen LogP contribution in [-0.4, -0.2) is 11.0 Å². The van der Waals surface area contributed by atoms with E-state index in [0.717, 1.165) is 5.56 Å². The van der Waals surface area contributed by atoms with Crippen LogP contribution in [0.3, 0.4) is 0 Å². The second-order valence-corrected chi connectivity index (χ2v) is 5.93. The first-order valence-electron chi connectivity index (χ1n) is 5.64. The molecular weight excluding hydrogens is 365 g/mol. The smallest absolute Gasteiger partial charge is 0.259 e. The van der Waals surface area contributed by atoms with Gasteiger partial charge in [0.05, 0.1) is 16.3 Å². The molecule has 0 heterocycles. The Hall–Kier alpha value is -1.23. The number of carbonyl (C=O) groups is 1. The molecule has 2 rings (SSSR count). The lowest BCUT2D eigenvalue weighted by Crippen LogP contribution is -2.12. The zero-order chi connectivity index (χ0) is 14.9. The van der Waals surface area contributed by atoms with Crippen LogP contribution in [0.5, 0.6) is 5.75 Å². The molecule has 2 aromatic rings. The Morgan fingerprint density at radius 3 is 2.55 bits per heavy atom. The number of aromatic hydroxyl groups is 1. The summed E-state index contributed by atoms with van der Waals surface area (Å²) in [6.07, 6.45) is 0. The predicted octanol–water partition coefficient (Wildman–Crippen LogP) is 5.02. The van der Waals surface area contributed by atoms with E-state index in [2.05, 4.69) is 21.2 Å². The lowest BCUT2D eigenvalue weighted by Gasteiger charge is -2.10. The number of nitrogens with one attached hydrogen (secondary N) is 1. The molecule has 0 unspecified atom stereocenters. The second kappa shape index (κ2) is 6.04. The molecule has 0 aliphatic carbocycles. The Kier molecular flexibility index (Phi) is 4.58. The summed E-state index contributed by atoms with van der Waals surface area (Å²) in [7, 11) is 0. The highest BCUT2D eigenvalue weighted by molar-refractivity contribution is 9.10. The molecule has 3 nitrogen and oxygen atoms in total. The van der Waals surface area contributed by atoms with E-state index in [9.17, 15) is 9.90 Å². The number of hydrogen-bond acceptors (Lipinski definition) is 2. The number of amides is 1. The van der Waals surface area contributed by atoms with Crippen LogP contribution in [0.15, 0.2) is 34.8 Å². The fraction of sp³-hybridized carbons (Fsp3) is 0.0714. The van der Waals surface area contributed by atoms with Crippen molar-refractivity contribution >= 4 is 50.7 Å². The van der Waals surface area contributed by atoms with Crippen LogP contribution in [0.25, 0.3) is 0 Å². The van der Waals surface area contributed by atoms with Gasteiger partial charge < -0.3 is 10.4 Å². The normalized spacial score (nSPS) is 10.4. The van der Waals surface area contributed by atoms with Crippen molar-refractivity contribution in [2.24, 2.45) is 0 Å². The Balaban J connectivity index is 2.30. The molecule has 0 bridgehead atoms. The van der Waals surface area contributed by atoms with Gasteiger partial charge in [-0.25, -0.2) is 0 Å². The van der Waals surface area contributed by atoms with E-state index >= 15 is 0 Å². The first kappa shape index (κ1) is 15.2. The van der Waals surface area contributed by atoms with Crippen molar-refractivity contribution in [3.8, 4) is 5.75 Å². The van der Waals surface area contributed by atoms with Crippen molar-refractivity contribution < 1.29 is 9.90 Å². The number of carbonyl (C=O) groups excluding carboxylic acids is 1. The van der Waals surface area contributed by atoms with Gasteiger partial charge in [0.15, 0.2) is 0 Å². The number of halogens is 3. The second-order valence-electron chi connectivity index (χ2n) is 4.20. The minimum Gasteiger partial charge on any atom is -0.507 e. The lowest BCUT2D eigenvalue weighted by atomic mass is 10.1. The van der Waals surface area contributed by atoms with Gasteiger partial charge in [0.2, 0.25) is 0 Å². The van der Waals surface area contributed by atoms with Crippen LogP contribution < -0.4 is 5.32 Å². The minimum absolute atomic E-state index is 0.119. The zero-order valence-electron chi connectivity index (χ0n) is 10.4. The highest BCUT2D eigenvalue weighted by Crippen LogP contribution is 2.30. The van der Waals surface area contributed by atoms with Crippen LogP contribution in [0, 0.1) is 6.92 Å². The van der Waals surface area contributed by atoms with Crippen molar-refractivity contribution in [1.29, 1.82) is 0 Å². The van der Waals surface area contributed by atoms with Gasteiger partial charge in [0, 0.05) is 9.50 Å². The van der Waals surface area contributed by atoms with Crippen molar-refractivity contribution in [3.05, 3.63) is 56.0 Å². The van der Waals surface area contributed by atoms with Gasteiger partial charge in [-0.15, -0.1) is 0 Å². The van der Waals surface area contributed by atoms with E-state index in [0.29, 0.717) is 20.2 Å². The van der Waals surface area contributed by atoms with Gasteiger partial charge in [0.1, 0.15) is 5.75 Å². The van der Waals surface area contributed by atoms with E-state index in [1.54, 1.807) is 18.2 Å². The third-order valence-corrected chi connectivity index (χ3v) is 3.91. The maximum atomic E-state index is 12.1. The summed E-state index contributed by atoms with van der Waals surface area (Å²) < 4.78 is 0.683. The monoisotopic (exact) mass is 373 g/mol. The molecule has 0 radical (unpaired) electrons. The SMILES string of the molecule is Cc1cc(Cl)c(NC(=O)c2ccc(Br)cc2O)cc1Cl. The molecule has 0 saturated heterocycles. The van der Waals surface area contributed by atoms with Gasteiger partial charge in [-0.3, -0.25) is 4.79 Å². The minimum atomic E-state index is -0.461. The standard InChI is InChI=1S/C14H10BrCl2NO2/c1-7-4-11(17)12(6-10(7)16)18-14(20)9-3-2-8(15)5-13(9)19/h2-6,19H,1H3,(H,18,20). The topological polar surface area (TPSA) is 49.3 Å². The summed E-state index contributed by atoms with van der Waals surface area (Å²) in [5.41, 5.74) is 1.37. The largest absolute Gasteiger partial charge is 0.507 e. The molecule has 0 aromatic heterocycles. The third kappa shape index (κ3) is 3.26. The summed E-state index contributed by atoms with van der Waals surface area (Å²) in [6.45, 7) is 1.82. The number of hydrogen-bond donors (Lipinski definition) is 2. The van der Waals surface area contributed by atoms with Gasteiger partial charge in [0.25, 0.3) is 5.91 Å². The number of benzene rings is 2. The van der Waals surface area contributed by atoms with Crippen LogP contribution in [0.4, 0.5) is 5.69 Å². The summed E-state index contributed by atoms with van der Waals surface area (Å²) in [5, 5.41) is 13.3. The number of rotatable bonds is 2. The molecule has 1 amide bonds. The van der Waals surface area contributed by atoms with Crippen molar-refractivity contribution in [1.82, 2.24) is 0 Å². The highest BCUT2D eigenvalue weighted by Gasteiger charge is 2.14. The van der Waals surface area contributed by atoms with Crippen molar-refractivity contribution in [3.63, 3.8) is 0 Å². The summed E-state index contributed by atoms with van der Waals surface area (Å²) in [4.78, 5) is 12.1. The van der Waals surface area contributed by atoms with E-state index < -0.39 is 5.91 Å². The molecular formula is C14H10BrCl2NO2. The fourth-order valence-corrected chi connectivity index (χ4v) is 2.41. The van der Waals surface area contributed by atoms with Gasteiger partial charge in [-0.1, -0.05) is 39.1 Å². The summed E-state index contributed by atoms with van der Waals surface area (Å²) >= 11 is 15.3. The van der Waals surface area contributed by atoms with E-state index in [-0.39, 0.29) is 11.3 Å². The van der Waals surface area contributed by atoms with E-state index in [4.69, 9.17) is 23.2 Å². The Bertz CT molecular complexity index is 689. The number of anilines is 1. The number of aryl methyl sites for hydroxylation is 1. The Labute approximate surface area is 134 Å². The molecule has 0 aliphatic heterocycles. The maximum absolute atomic E-state index is 12.1. The molecule has 0 spiro atoms. The molecule has 0 saturated carbocycles. The molecule has 0 aliphatic rings. The molecule has 6 heteroatoms. The molecule has 0 fully saturated rings.